The number of carbonyl (C=O) groups excluding carboxylic acids is 2. The lowest BCUT2D eigenvalue weighted by Crippen LogP contribution is -2.32. The summed E-state index contributed by atoms with van der Waals surface area (Å²) in [4.78, 5) is 27.3. The van der Waals surface area contributed by atoms with Crippen molar-refractivity contribution in [3.05, 3.63) is 54.4 Å². The third kappa shape index (κ3) is 4.14. The molecule has 0 saturated heterocycles. The molecule has 1 aromatic carbocycles. The second kappa shape index (κ2) is 7.53. The molecule has 1 heterocycles. The molecule has 112 valence electrons. The van der Waals surface area contributed by atoms with Crippen LogP contribution >= 0.6 is 0 Å². The van der Waals surface area contributed by atoms with Crippen molar-refractivity contribution in [2.45, 2.75) is 0 Å². The average molecular weight is 298 g/mol. The monoisotopic (exact) mass is 298 g/mol. The van der Waals surface area contributed by atoms with Crippen LogP contribution in [-0.2, 0) is 9.59 Å². The fourth-order valence-corrected chi connectivity index (χ4v) is 1.60. The van der Waals surface area contributed by atoms with Crippen molar-refractivity contribution in [3.8, 4) is 5.75 Å². The van der Waals surface area contributed by atoms with E-state index in [1.54, 1.807) is 48.8 Å². The standard InChI is InChI=1S/C15H14N4O3/c1-22-13-7-3-2-6-12(13)18-14(20)15(21)19-17-10-11-5-4-8-16-9-11/h2-10H,1H3,(H,18,20)(H,19,21)/b17-10+. The molecule has 7 heteroatoms. The number of ether oxygens (including phenoxy) is 1. The topological polar surface area (TPSA) is 92.7 Å². The van der Waals surface area contributed by atoms with Gasteiger partial charge in [-0.25, -0.2) is 5.43 Å². The van der Waals surface area contributed by atoms with Crippen molar-refractivity contribution in [2.75, 3.05) is 12.4 Å². The summed E-state index contributed by atoms with van der Waals surface area (Å²) in [5, 5.41) is 6.14. The number of para-hydroxylation sites is 2. The number of rotatable bonds is 4. The number of hydrogen-bond donors (Lipinski definition) is 2. The highest BCUT2D eigenvalue weighted by atomic mass is 16.5. The van der Waals surface area contributed by atoms with Gasteiger partial charge in [-0.2, -0.15) is 5.10 Å². The maximum absolute atomic E-state index is 11.8. The van der Waals surface area contributed by atoms with Crippen LogP contribution in [0, 0.1) is 0 Å². The van der Waals surface area contributed by atoms with Crippen molar-refractivity contribution < 1.29 is 14.3 Å². The van der Waals surface area contributed by atoms with Crippen LogP contribution in [0.25, 0.3) is 0 Å². The third-order valence-corrected chi connectivity index (χ3v) is 2.63. The van der Waals surface area contributed by atoms with E-state index in [2.05, 4.69) is 20.8 Å². The Morgan fingerprint density at radius 2 is 2.00 bits per heavy atom. The van der Waals surface area contributed by atoms with E-state index in [0.29, 0.717) is 17.0 Å². The highest BCUT2D eigenvalue weighted by Gasteiger charge is 2.14. The van der Waals surface area contributed by atoms with Crippen molar-refractivity contribution in [1.82, 2.24) is 10.4 Å². The van der Waals surface area contributed by atoms with Gasteiger partial charge in [0.15, 0.2) is 0 Å². The summed E-state index contributed by atoms with van der Waals surface area (Å²) in [5.74, 6) is -1.26. The molecule has 22 heavy (non-hydrogen) atoms. The second-order valence-electron chi connectivity index (χ2n) is 4.14. The summed E-state index contributed by atoms with van der Waals surface area (Å²) in [5.41, 5.74) is 3.24. The molecule has 0 radical (unpaired) electrons. The van der Waals surface area contributed by atoms with Gasteiger partial charge < -0.3 is 10.1 Å². The Bertz CT molecular complexity index is 686. The Morgan fingerprint density at radius 3 is 2.73 bits per heavy atom. The van der Waals surface area contributed by atoms with E-state index in [9.17, 15) is 9.59 Å². The lowest BCUT2D eigenvalue weighted by Gasteiger charge is -2.08. The van der Waals surface area contributed by atoms with E-state index in [1.807, 2.05) is 0 Å². The number of carbonyl (C=O) groups is 2. The summed E-state index contributed by atoms with van der Waals surface area (Å²) < 4.78 is 5.08. The lowest BCUT2D eigenvalue weighted by atomic mass is 10.3. The van der Waals surface area contributed by atoms with E-state index in [1.165, 1.54) is 13.3 Å². The molecule has 7 nitrogen and oxygen atoms in total. The predicted molar refractivity (Wildman–Crippen MR) is 81.6 cm³/mol. The van der Waals surface area contributed by atoms with Gasteiger partial charge in [-0.1, -0.05) is 18.2 Å². The van der Waals surface area contributed by atoms with E-state index in [-0.39, 0.29) is 0 Å². The number of nitrogens with one attached hydrogen (secondary N) is 2. The number of hydrogen-bond acceptors (Lipinski definition) is 5. The summed E-state index contributed by atoms with van der Waals surface area (Å²) in [7, 11) is 1.48. The van der Waals surface area contributed by atoms with Gasteiger partial charge in [-0.05, 0) is 18.2 Å². The summed E-state index contributed by atoms with van der Waals surface area (Å²) >= 11 is 0. The normalized spacial score (nSPS) is 10.2. The first kappa shape index (κ1) is 15.2. The molecule has 2 aromatic rings. The summed E-state index contributed by atoms with van der Waals surface area (Å²) in [6.45, 7) is 0. The molecule has 0 aliphatic carbocycles. The summed E-state index contributed by atoms with van der Waals surface area (Å²) in [6.07, 6.45) is 4.59. The molecule has 1 aromatic heterocycles. The number of nitrogens with zero attached hydrogens (tertiary/aromatic N) is 2. The minimum Gasteiger partial charge on any atom is -0.495 e. The fourth-order valence-electron chi connectivity index (χ4n) is 1.60. The molecule has 2 rings (SSSR count). The molecule has 2 N–H and O–H groups in total. The molecule has 0 unspecified atom stereocenters. The molecule has 0 atom stereocenters. The van der Waals surface area contributed by atoms with Gasteiger partial charge in [0.05, 0.1) is 19.0 Å². The number of anilines is 1. The van der Waals surface area contributed by atoms with Gasteiger partial charge in [0.25, 0.3) is 0 Å². The number of benzene rings is 1. The van der Waals surface area contributed by atoms with Gasteiger partial charge in [0, 0.05) is 18.0 Å². The molecule has 0 aliphatic rings. The maximum Gasteiger partial charge on any atom is 0.329 e. The van der Waals surface area contributed by atoms with Crippen molar-refractivity contribution >= 4 is 23.7 Å². The predicted octanol–water partition coefficient (Wildman–Crippen LogP) is 1.18. The second-order valence-corrected chi connectivity index (χ2v) is 4.14. The van der Waals surface area contributed by atoms with Crippen molar-refractivity contribution in [3.63, 3.8) is 0 Å². The smallest absolute Gasteiger partial charge is 0.329 e. The number of aromatic nitrogens is 1. The van der Waals surface area contributed by atoms with Gasteiger partial charge in [-0.15, -0.1) is 0 Å². The summed E-state index contributed by atoms with van der Waals surface area (Å²) in [6, 6.07) is 10.3. The quantitative estimate of drug-likeness (QED) is 0.503. The number of amides is 2. The molecule has 2 amide bonds. The van der Waals surface area contributed by atoms with Crippen LogP contribution in [0.5, 0.6) is 5.75 Å². The van der Waals surface area contributed by atoms with Crippen molar-refractivity contribution in [1.29, 1.82) is 0 Å². The highest BCUT2D eigenvalue weighted by Crippen LogP contribution is 2.22. The average Bonchev–Trinajstić information content (AvgIpc) is 2.56. The minimum absolute atomic E-state index is 0.404. The minimum atomic E-state index is -0.883. The van der Waals surface area contributed by atoms with Crippen LogP contribution in [-0.4, -0.2) is 30.1 Å². The Kier molecular flexibility index (Phi) is 5.20. The van der Waals surface area contributed by atoms with Crippen LogP contribution in [0.15, 0.2) is 53.9 Å². The SMILES string of the molecule is COc1ccccc1NC(=O)C(=O)N/N=C/c1cccnc1. The van der Waals surface area contributed by atoms with E-state index in [4.69, 9.17) is 4.74 Å². The molecular weight excluding hydrogens is 284 g/mol. The Labute approximate surface area is 127 Å². The van der Waals surface area contributed by atoms with Gasteiger partial charge >= 0.3 is 11.8 Å². The van der Waals surface area contributed by atoms with Crippen LogP contribution in [0.1, 0.15) is 5.56 Å². The Balaban J connectivity index is 1.92. The van der Waals surface area contributed by atoms with E-state index >= 15 is 0 Å². The zero-order valence-corrected chi connectivity index (χ0v) is 11.8. The molecule has 0 bridgehead atoms. The fraction of sp³-hybridized carbons (Fsp3) is 0.0667. The number of pyridine rings is 1. The van der Waals surface area contributed by atoms with Crippen LogP contribution < -0.4 is 15.5 Å². The largest absolute Gasteiger partial charge is 0.495 e. The van der Waals surface area contributed by atoms with E-state index in [0.717, 1.165) is 0 Å². The lowest BCUT2D eigenvalue weighted by molar-refractivity contribution is -0.136. The zero-order valence-electron chi connectivity index (χ0n) is 11.8. The van der Waals surface area contributed by atoms with E-state index < -0.39 is 11.8 Å². The Morgan fingerprint density at radius 1 is 1.18 bits per heavy atom. The Hall–Kier alpha value is -3.22. The van der Waals surface area contributed by atoms with Gasteiger partial charge in [0.1, 0.15) is 5.75 Å². The van der Waals surface area contributed by atoms with Gasteiger partial charge in [-0.3, -0.25) is 14.6 Å². The first-order valence-corrected chi connectivity index (χ1v) is 6.38. The highest BCUT2D eigenvalue weighted by molar-refractivity contribution is 6.39. The van der Waals surface area contributed by atoms with Gasteiger partial charge in [0.2, 0.25) is 0 Å². The molecule has 0 aliphatic heterocycles. The molecule has 0 spiro atoms. The molecule has 0 saturated carbocycles. The number of hydrazone groups is 1. The molecular formula is C15H14N4O3. The number of methoxy groups -OCH3 is 1. The first-order valence-electron chi connectivity index (χ1n) is 6.38. The zero-order chi connectivity index (χ0) is 15.8. The third-order valence-electron chi connectivity index (χ3n) is 2.63. The van der Waals surface area contributed by atoms with Crippen LogP contribution in [0.3, 0.4) is 0 Å². The maximum atomic E-state index is 11.8. The molecule has 0 fully saturated rings. The van der Waals surface area contributed by atoms with Crippen LogP contribution in [0.4, 0.5) is 5.69 Å². The van der Waals surface area contributed by atoms with Crippen LogP contribution in [0.2, 0.25) is 0 Å². The van der Waals surface area contributed by atoms with Crippen molar-refractivity contribution in [2.24, 2.45) is 5.10 Å². The first-order chi connectivity index (χ1) is 10.7.